The third kappa shape index (κ3) is 4.73. The van der Waals surface area contributed by atoms with Crippen LogP contribution in [0.4, 0.5) is 4.39 Å². The van der Waals surface area contributed by atoms with Gasteiger partial charge in [0.15, 0.2) is 0 Å². The highest BCUT2D eigenvalue weighted by Crippen LogP contribution is 2.16. The van der Waals surface area contributed by atoms with Crippen LogP contribution in [-0.2, 0) is 0 Å². The normalized spacial score (nSPS) is 22.4. The smallest absolute Gasteiger partial charge is 0.141 e. The molecule has 0 aliphatic carbocycles. The molecule has 118 valence electrons. The predicted octanol–water partition coefficient (Wildman–Crippen LogP) is 1.90. The number of nitrogens with one attached hydrogen (secondary N) is 1. The van der Waals surface area contributed by atoms with Crippen LogP contribution < -0.4 is 5.32 Å². The number of piperazine rings is 1. The average molecular weight is 294 g/mol. The number of hydrogen-bond acceptors (Lipinski definition) is 4. The lowest BCUT2D eigenvalue weighted by Crippen LogP contribution is -2.50. The van der Waals surface area contributed by atoms with E-state index in [-0.39, 0.29) is 11.9 Å². The number of hydrogen-bond donors (Lipinski definition) is 1. The second-order valence-electron chi connectivity index (χ2n) is 5.93. The van der Waals surface area contributed by atoms with Gasteiger partial charge in [-0.3, -0.25) is 4.98 Å². The first-order valence-corrected chi connectivity index (χ1v) is 7.87. The number of halogens is 1. The number of nitrogens with zero attached hydrogens (tertiary/aromatic N) is 3. The maximum Gasteiger partial charge on any atom is 0.141 e. The molecular formula is C16H27FN4. The summed E-state index contributed by atoms with van der Waals surface area (Å²) in [6.07, 6.45) is 2.31. The van der Waals surface area contributed by atoms with Gasteiger partial charge >= 0.3 is 0 Å². The first kappa shape index (κ1) is 16.3. The molecule has 2 atom stereocenters. The molecule has 0 aromatic carbocycles. The molecule has 2 rings (SSSR count). The molecule has 5 heteroatoms. The quantitative estimate of drug-likeness (QED) is 0.868. The van der Waals surface area contributed by atoms with Crippen LogP contribution in [0.15, 0.2) is 18.3 Å². The lowest BCUT2D eigenvalue weighted by Gasteiger charge is -2.38. The molecule has 0 radical (unpaired) electrons. The lowest BCUT2D eigenvalue weighted by atomic mass is 10.1. The maximum atomic E-state index is 13.0. The van der Waals surface area contributed by atoms with Gasteiger partial charge in [-0.25, -0.2) is 4.39 Å². The highest BCUT2D eigenvalue weighted by molar-refractivity contribution is 5.10. The van der Waals surface area contributed by atoms with E-state index in [1.165, 1.54) is 12.3 Å². The number of aromatic nitrogens is 1. The molecule has 1 saturated heterocycles. The van der Waals surface area contributed by atoms with Crippen LogP contribution >= 0.6 is 0 Å². The van der Waals surface area contributed by atoms with Crippen LogP contribution in [0.25, 0.3) is 0 Å². The Balaban J connectivity index is 1.89. The fraction of sp³-hybridized carbons (Fsp3) is 0.688. The van der Waals surface area contributed by atoms with Crippen molar-refractivity contribution in [2.45, 2.75) is 32.4 Å². The molecule has 1 aromatic heterocycles. The standard InChI is InChI=1S/C16H27FN4/c1-4-18-16(15-6-5-14(17)11-19-15)7-8-21-10-9-20(3)13(2)12-21/h5-6,11,13,16,18H,4,7-10,12H2,1-3H3. The van der Waals surface area contributed by atoms with Crippen LogP contribution in [0, 0.1) is 5.82 Å². The summed E-state index contributed by atoms with van der Waals surface area (Å²) in [5.74, 6) is -0.276. The van der Waals surface area contributed by atoms with Gasteiger partial charge in [0.2, 0.25) is 0 Å². The molecule has 0 saturated carbocycles. The van der Waals surface area contributed by atoms with Crippen molar-refractivity contribution in [2.75, 3.05) is 39.8 Å². The summed E-state index contributed by atoms with van der Waals surface area (Å²) in [6.45, 7) is 9.67. The van der Waals surface area contributed by atoms with E-state index in [1.807, 2.05) is 0 Å². The molecular weight excluding hydrogens is 267 g/mol. The van der Waals surface area contributed by atoms with E-state index >= 15 is 0 Å². The zero-order valence-corrected chi connectivity index (χ0v) is 13.3. The summed E-state index contributed by atoms with van der Waals surface area (Å²) in [7, 11) is 2.19. The first-order valence-electron chi connectivity index (χ1n) is 7.87. The summed E-state index contributed by atoms with van der Waals surface area (Å²) in [5, 5.41) is 3.46. The average Bonchev–Trinajstić information content (AvgIpc) is 2.48. The minimum absolute atomic E-state index is 0.200. The third-order valence-electron chi connectivity index (χ3n) is 4.34. The second-order valence-corrected chi connectivity index (χ2v) is 5.93. The highest BCUT2D eigenvalue weighted by atomic mass is 19.1. The maximum absolute atomic E-state index is 13.0. The van der Waals surface area contributed by atoms with Crippen molar-refractivity contribution in [1.82, 2.24) is 20.1 Å². The SMILES string of the molecule is CCNC(CCN1CCN(C)C(C)C1)c1ccc(F)cn1. The second kappa shape index (κ2) is 7.82. The van der Waals surface area contributed by atoms with Gasteiger partial charge in [-0.15, -0.1) is 0 Å². The van der Waals surface area contributed by atoms with Gasteiger partial charge in [-0.05, 0) is 39.1 Å². The number of pyridine rings is 1. The zero-order chi connectivity index (χ0) is 15.2. The Labute approximate surface area is 127 Å². The largest absolute Gasteiger partial charge is 0.309 e. The summed E-state index contributed by atoms with van der Waals surface area (Å²) in [6, 6.07) is 4.09. The van der Waals surface area contributed by atoms with Gasteiger partial charge in [0.05, 0.1) is 17.9 Å². The van der Waals surface area contributed by atoms with Crippen molar-refractivity contribution >= 4 is 0 Å². The van der Waals surface area contributed by atoms with Crippen LogP contribution in [0.5, 0.6) is 0 Å². The first-order chi connectivity index (χ1) is 10.1. The van der Waals surface area contributed by atoms with Crippen molar-refractivity contribution in [2.24, 2.45) is 0 Å². The van der Waals surface area contributed by atoms with E-state index in [2.05, 4.69) is 41.0 Å². The Morgan fingerprint density at radius 3 is 2.86 bits per heavy atom. The number of rotatable bonds is 6. The molecule has 1 N–H and O–H groups in total. The van der Waals surface area contributed by atoms with E-state index in [4.69, 9.17) is 0 Å². The van der Waals surface area contributed by atoms with Crippen molar-refractivity contribution in [1.29, 1.82) is 0 Å². The fourth-order valence-corrected chi connectivity index (χ4v) is 2.83. The van der Waals surface area contributed by atoms with Crippen LogP contribution in [-0.4, -0.2) is 60.6 Å². The molecule has 2 heterocycles. The minimum Gasteiger partial charge on any atom is -0.309 e. The molecule has 4 nitrogen and oxygen atoms in total. The number of likely N-dealkylation sites (N-methyl/N-ethyl adjacent to an activating group) is 1. The summed E-state index contributed by atoms with van der Waals surface area (Å²) in [4.78, 5) is 9.14. The minimum atomic E-state index is -0.276. The Morgan fingerprint density at radius 1 is 1.43 bits per heavy atom. The van der Waals surface area contributed by atoms with Gasteiger partial charge in [0, 0.05) is 32.2 Å². The van der Waals surface area contributed by atoms with Crippen molar-refractivity contribution in [3.05, 3.63) is 29.8 Å². The van der Waals surface area contributed by atoms with E-state index in [0.717, 1.165) is 44.8 Å². The molecule has 0 bridgehead atoms. The van der Waals surface area contributed by atoms with E-state index in [9.17, 15) is 4.39 Å². The summed E-state index contributed by atoms with van der Waals surface area (Å²) < 4.78 is 13.0. The van der Waals surface area contributed by atoms with Gasteiger partial charge in [-0.1, -0.05) is 6.92 Å². The predicted molar refractivity (Wildman–Crippen MR) is 83.8 cm³/mol. The molecule has 1 aliphatic heterocycles. The monoisotopic (exact) mass is 294 g/mol. The Hall–Kier alpha value is -1.04. The van der Waals surface area contributed by atoms with Crippen LogP contribution in [0.3, 0.4) is 0 Å². The van der Waals surface area contributed by atoms with Crippen molar-refractivity contribution in [3.63, 3.8) is 0 Å². The molecule has 1 fully saturated rings. The Kier molecular flexibility index (Phi) is 6.08. The van der Waals surface area contributed by atoms with Crippen molar-refractivity contribution in [3.8, 4) is 0 Å². The highest BCUT2D eigenvalue weighted by Gasteiger charge is 2.21. The molecule has 2 unspecified atom stereocenters. The molecule has 21 heavy (non-hydrogen) atoms. The van der Waals surface area contributed by atoms with Crippen LogP contribution in [0.1, 0.15) is 32.0 Å². The molecule has 1 aliphatic rings. The Bertz CT molecular complexity index is 423. The van der Waals surface area contributed by atoms with Gasteiger partial charge in [-0.2, -0.15) is 0 Å². The van der Waals surface area contributed by atoms with Gasteiger partial charge in [0.25, 0.3) is 0 Å². The Morgan fingerprint density at radius 2 is 2.24 bits per heavy atom. The topological polar surface area (TPSA) is 31.4 Å². The van der Waals surface area contributed by atoms with E-state index in [0.29, 0.717) is 6.04 Å². The summed E-state index contributed by atoms with van der Waals surface area (Å²) >= 11 is 0. The molecule has 0 spiro atoms. The zero-order valence-electron chi connectivity index (χ0n) is 13.3. The van der Waals surface area contributed by atoms with Gasteiger partial charge < -0.3 is 15.1 Å². The molecule has 0 amide bonds. The van der Waals surface area contributed by atoms with Crippen LogP contribution in [0.2, 0.25) is 0 Å². The van der Waals surface area contributed by atoms with E-state index in [1.54, 1.807) is 6.07 Å². The van der Waals surface area contributed by atoms with Crippen molar-refractivity contribution < 1.29 is 4.39 Å². The fourth-order valence-electron chi connectivity index (χ4n) is 2.83. The lowest BCUT2D eigenvalue weighted by molar-refractivity contribution is 0.102. The third-order valence-corrected chi connectivity index (χ3v) is 4.34. The molecule has 1 aromatic rings. The van der Waals surface area contributed by atoms with Gasteiger partial charge in [0.1, 0.15) is 5.82 Å². The summed E-state index contributed by atoms with van der Waals surface area (Å²) in [5.41, 5.74) is 0.931. The van der Waals surface area contributed by atoms with E-state index < -0.39 is 0 Å².